The van der Waals surface area contributed by atoms with E-state index in [1.54, 1.807) is 13.8 Å². The number of rotatable bonds is 16. The molecule has 0 spiro atoms. The maximum atomic E-state index is 12.4. The molecular formula is C26H40N4O8. The van der Waals surface area contributed by atoms with Crippen LogP contribution >= 0.6 is 0 Å². The molecule has 38 heavy (non-hydrogen) atoms. The van der Waals surface area contributed by atoms with Gasteiger partial charge in [-0.2, -0.15) is 0 Å². The summed E-state index contributed by atoms with van der Waals surface area (Å²) in [6.07, 6.45) is 5.54. The Morgan fingerprint density at radius 3 is 1.42 bits per heavy atom. The lowest BCUT2D eigenvalue weighted by molar-refractivity contribution is -0.141. The Balaban J connectivity index is 2.25. The zero-order chi connectivity index (χ0) is 28.5. The van der Waals surface area contributed by atoms with Crippen molar-refractivity contribution < 1.29 is 38.2 Å². The maximum Gasteiger partial charge on any atom is 0.302 e. The molecule has 0 aromatic heterocycles. The summed E-state index contributed by atoms with van der Waals surface area (Å²) in [5.74, 6) is -1.85. The molecule has 1 saturated heterocycles. The SMILES string of the molecule is CC(=O)OCCC(C)=CC(=O)NCCC[C@@H]1NC(=O)[C@H](CCCNC(=O)C=C(C)CCOC(C)=O)NC1=O. The van der Waals surface area contributed by atoms with Gasteiger partial charge < -0.3 is 30.7 Å². The van der Waals surface area contributed by atoms with Crippen molar-refractivity contribution in [3.63, 3.8) is 0 Å². The van der Waals surface area contributed by atoms with Gasteiger partial charge in [0.05, 0.1) is 13.2 Å². The highest BCUT2D eigenvalue weighted by Crippen LogP contribution is 2.08. The third-order valence-electron chi connectivity index (χ3n) is 5.56. The van der Waals surface area contributed by atoms with Crippen LogP contribution in [-0.4, -0.2) is 74.0 Å². The molecule has 1 fully saturated rings. The second kappa shape index (κ2) is 17.7. The lowest BCUT2D eigenvalue weighted by Gasteiger charge is -2.29. The highest BCUT2D eigenvalue weighted by molar-refractivity contribution is 5.96. The van der Waals surface area contributed by atoms with Crippen molar-refractivity contribution in [1.82, 2.24) is 21.3 Å². The van der Waals surface area contributed by atoms with Crippen LogP contribution in [0.25, 0.3) is 0 Å². The number of hydrogen-bond acceptors (Lipinski definition) is 8. The number of carbonyl (C=O) groups excluding carboxylic acids is 6. The van der Waals surface area contributed by atoms with E-state index in [1.807, 2.05) is 0 Å². The Bertz CT molecular complexity index is 854. The highest BCUT2D eigenvalue weighted by atomic mass is 16.5. The second-order valence-electron chi connectivity index (χ2n) is 9.15. The fourth-order valence-corrected chi connectivity index (χ4v) is 3.52. The Morgan fingerprint density at radius 1 is 0.711 bits per heavy atom. The second-order valence-corrected chi connectivity index (χ2v) is 9.15. The van der Waals surface area contributed by atoms with E-state index in [1.165, 1.54) is 26.0 Å². The molecule has 1 aliphatic heterocycles. The van der Waals surface area contributed by atoms with Crippen LogP contribution in [0.4, 0.5) is 0 Å². The van der Waals surface area contributed by atoms with Crippen LogP contribution in [0.5, 0.6) is 0 Å². The van der Waals surface area contributed by atoms with Crippen molar-refractivity contribution in [2.45, 2.75) is 78.3 Å². The molecule has 4 amide bonds. The van der Waals surface area contributed by atoms with E-state index in [2.05, 4.69) is 21.3 Å². The molecule has 4 N–H and O–H groups in total. The van der Waals surface area contributed by atoms with Crippen LogP contribution in [0.2, 0.25) is 0 Å². The molecule has 1 aliphatic rings. The van der Waals surface area contributed by atoms with Gasteiger partial charge in [-0.3, -0.25) is 28.8 Å². The molecule has 0 aliphatic carbocycles. The van der Waals surface area contributed by atoms with E-state index in [0.29, 0.717) is 51.6 Å². The van der Waals surface area contributed by atoms with Crippen molar-refractivity contribution in [3.8, 4) is 0 Å². The van der Waals surface area contributed by atoms with Crippen LogP contribution in [0.1, 0.15) is 66.2 Å². The Morgan fingerprint density at radius 2 is 1.08 bits per heavy atom. The fraction of sp³-hybridized carbons (Fsp3) is 0.615. The molecule has 0 aromatic carbocycles. The predicted molar refractivity (Wildman–Crippen MR) is 138 cm³/mol. The molecule has 2 atom stereocenters. The summed E-state index contributed by atoms with van der Waals surface area (Å²) < 4.78 is 9.68. The first-order chi connectivity index (χ1) is 18.0. The van der Waals surface area contributed by atoms with Gasteiger partial charge in [0.15, 0.2) is 0 Å². The molecule has 1 rings (SSSR count). The van der Waals surface area contributed by atoms with Crippen molar-refractivity contribution in [1.29, 1.82) is 0 Å². The Hall–Kier alpha value is -3.70. The maximum absolute atomic E-state index is 12.4. The first-order valence-electron chi connectivity index (χ1n) is 12.8. The van der Waals surface area contributed by atoms with E-state index in [0.717, 1.165) is 11.1 Å². The molecule has 0 aromatic rings. The van der Waals surface area contributed by atoms with Gasteiger partial charge in [0.1, 0.15) is 12.1 Å². The zero-order valence-electron chi connectivity index (χ0n) is 22.6. The first kappa shape index (κ1) is 32.3. The zero-order valence-corrected chi connectivity index (χ0v) is 22.6. The number of piperazine rings is 1. The van der Waals surface area contributed by atoms with Crippen molar-refractivity contribution >= 4 is 35.6 Å². The largest absolute Gasteiger partial charge is 0.466 e. The van der Waals surface area contributed by atoms with Crippen LogP contribution in [0.3, 0.4) is 0 Å². The van der Waals surface area contributed by atoms with Crippen molar-refractivity contribution in [2.24, 2.45) is 0 Å². The molecule has 0 unspecified atom stereocenters. The molecule has 12 nitrogen and oxygen atoms in total. The van der Waals surface area contributed by atoms with Gasteiger partial charge in [0, 0.05) is 51.9 Å². The van der Waals surface area contributed by atoms with E-state index < -0.39 is 12.1 Å². The summed E-state index contributed by atoms with van der Waals surface area (Å²) in [7, 11) is 0. The topological polar surface area (TPSA) is 169 Å². The van der Waals surface area contributed by atoms with Gasteiger partial charge >= 0.3 is 11.9 Å². The van der Waals surface area contributed by atoms with Gasteiger partial charge in [-0.25, -0.2) is 0 Å². The molecule has 212 valence electrons. The third kappa shape index (κ3) is 14.8. The summed E-state index contributed by atoms with van der Waals surface area (Å²) in [5.41, 5.74) is 1.55. The molecule has 0 bridgehead atoms. The number of nitrogens with one attached hydrogen (secondary N) is 4. The summed E-state index contributed by atoms with van der Waals surface area (Å²) in [6.45, 7) is 7.29. The van der Waals surface area contributed by atoms with Gasteiger partial charge in [-0.1, -0.05) is 11.1 Å². The van der Waals surface area contributed by atoms with E-state index in [-0.39, 0.29) is 48.8 Å². The minimum absolute atomic E-state index is 0.217. The number of ether oxygens (including phenoxy) is 2. The minimum Gasteiger partial charge on any atom is -0.466 e. The van der Waals surface area contributed by atoms with Crippen LogP contribution < -0.4 is 21.3 Å². The molecule has 12 heteroatoms. The third-order valence-corrected chi connectivity index (χ3v) is 5.56. The van der Waals surface area contributed by atoms with Gasteiger partial charge in [-0.05, 0) is 39.5 Å². The number of esters is 2. The standard InChI is InChI=1S/C26H40N4O8/c1-17(9-13-37-19(3)31)15-23(33)27-11-5-7-21-25(35)30-22(26(36)29-21)8-6-12-28-24(34)16-18(2)10-14-38-20(4)32/h15-16,21-22H,5-14H2,1-4H3,(H,27,33)(H,28,34)(H,29,36)(H,30,35)/t21-,22-/m0/s1. The molecular weight excluding hydrogens is 496 g/mol. The normalized spacial score (nSPS) is 17.7. The monoisotopic (exact) mass is 536 g/mol. The smallest absolute Gasteiger partial charge is 0.302 e. The average Bonchev–Trinajstić information content (AvgIpc) is 2.81. The minimum atomic E-state index is -0.670. The number of hydrogen-bond donors (Lipinski definition) is 4. The van der Waals surface area contributed by atoms with Crippen LogP contribution in [0, 0.1) is 0 Å². The number of amides is 4. The Labute approximate surface area is 223 Å². The van der Waals surface area contributed by atoms with Gasteiger partial charge in [0.2, 0.25) is 23.6 Å². The Kier molecular flexibility index (Phi) is 15.1. The molecule has 0 saturated carbocycles. The summed E-state index contributed by atoms with van der Waals surface area (Å²) in [6, 6.07) is -1.34. The lowest BCUT2D eigenvalue weighted by atomic mass is 10.0. The molecule has 1 heterocycles. The average molecular weight is 537 g/mol. The lowest BCUT2D eigenvalue weighted by Crippen LogP contribution is -2.61. The van der Waals surface area contributed by atoms with E-state index in [4.69, 9.17) is 9.47 Å². The van der Waals surface area contributed by atoms with Gasteiger partial charge in [0.25, 0.3) is 0 Å². The van der Waals surface area contributed by atoms with Crippen molar-refractivity contribution in [2.75, 3.05) is 26.3 Å². The summed E-state index contributed by atoms with van der Waals surface area (Å²) >= 11 is 0. The van der Waals surface area contributed by atoms with Crippen molar-refractivity contribution in [3.05, 3.63) is 23.3 Å². The van der Waals surface area contributed by atoms with Gasteiger partial charge in [-0.15, -0.1) is 0 Å². The number of carbonyl (C=O) groups is 6. The summed E-state index contributed by atoms with van der Waals surface area (Å²) in [5, 5.41) is 10.9. The van der Waals surface area contributed by atoms with E-state index in [9.17, 15) is 28.8 Å². The quantitative estimate of drug-likeness (QED) is 0.126. The highest BCUT2D eigenvalue weighted by Gasteiger charge is 2.32. The fourth-order valence-electron chi connectivity index (χ4n) is 3.52. The first-order valence-corrected chi connectivity index (χ1v) is 12.8. The summed E-state index contributed by atoms with van der Waals surface area (Å²) in [4.78, 5) is 70.2. The van der Waals surface area contributed by atoms with Crippen LogP contribution in [0.15, 0.2) is 23.3 Å². The van der Waals surface area contributed by atoms with E-state index >= 15 is 0 Å². The predicted octanol–water partition coefficient (Wildman–Crippen LogP) is 0.561. The molecule has 0 radical (unpaired) electrons. The van der Waals surface area contributed by atoms with Crippen LogP contribution in [-0.2, 0) is 38.2 Å².